The number of benzene rings is 1. The van der Waals surface area contributed by atoms with E-state index in [2.05, 4.69) is 5.32 Å². The molecule has 0 fully saturated rings. The van der Waals surface area contributed by atoms with Crippen LogP contribution in [0.4, 0.5) is 0 Å². The molecule has 1 aromatic carbocycles. The molecule has 0 saturated heterocycles. The summed E-state index contributed by atoms with van der Waals surface area (Å²) in [5.41, 5.74) is 5.22. The number of nitrogens with one attached hydrogen (secondary N) is 1. The number of likely N-dealkylation sites (N-methyl/N-ethyl adjacent to an activating group) is 1. The lowest BCUT2D eigenvalue weighted by molar-refractivity contribution is -0.124. The Labute approximate surface area is 89.1 Å². The molecule has 0 aliphatic rings. The Kier molecular flexibility index (Phi) is 3.31. The molecule has 4 N–H and O–H groups in total. The highest BCUT2D eigenvalue weighted by atomic mass is 16.3. The molecule has 15 heavy (non-hydrogen) atoms. The molecule has 82 valence electrons. The highest BCUT2D eigenvalue weighted by Crippen LogP contribution is 2.22. The third-order valence-electron chi connectivity index (χ3n) is 2.47. The molecule has 1 atom stereocenters. The van der Waals surface area contributed by atoms with Crippen molar-refractivity contribution in [2.75, 3.05) is 6.54 Å². The van der Waals surface area contributed by atoms with Crippen molar-refractivity contribution in [3.8, 4) is 5.75 Å². The van der Waals surface area contributed by atoms with Gasteiger partial charge in [-0.25, -0.2) is 0 Å². The van der Waals surface area contributed by atoms with Crippen LogP contribution in [0.25, 0.3) is 0 Å². The molecule has 0 aliphatic carbocycles. The van der Waals surface area contributed by atoms with E-state index in [1.807, 2.05) is 6.92 Å². The van der Waals surface area contributed by atoms with Crippen LogP contribution in [0.15, 0.2) is 24.3 Å². The Bertz CT molecular complexity index is 348. The van der Waals surface area contributed by atoms with Gasteiger partial charge in [-0.05, 0) is 31.2 Å². The predicted molar refractivity (Wildman–Crippen MR) is 58.3 cm³/mol. The summed E-state index contributed by atoms with van der Waals surface area (Å²) in [5, 5.41) is 12.2. The lowest BCUT2D eigenvalue weighted by Crippen LogP contribution is -2.50. The first-order chi connectivity index (χ1) is 7.00. The lowest BCUT2D eigenvalue weighted by atomic mass is 9.91. The van der Waals surface area contributed by atoms with Gasteiger partial charge in [-0.1, -0.05) is 19.1 Å². The Balaban J connectivity index is 3.09. The molecule has 0 heterocycles. The fourth-order valence-electron chi connectivity index (χ4n) is 1.48. The molecule has 0 bridgehead atoms. The number of carbonyl (C=O) groups excluding carboxylic acids is 1. The van der Waals surface area contributed by atoms with Gasteiger partial charge in [-0.3, -0.25) is 4.79 Å². The van der Waals surface area contributed by atoms with Gasteiger partial charge in [0.05, 0.1) is 0 Å². The van der Waals surface area contributed by atoms with E-state index in [4.69, 9.17) is 10.8 Å². The second kappa shape index (κ2) is 4.31. The second-order valence-electron chi connectivity index (χ2n) is 3.57. The molecule has 1 aromatic rings. The minimum absolute atomic E-state index is 0.169. The van der Waals surface area contributed by atoms with Gasteiger partial charge < -0.3 is 16.2 Å². The smallest absolute Gasteiger partial charge is 0.242 e. The Morgan fingerprint density at radius 1 is 1.47 bits per heavy atom. The van der Waals surface area contributed by atoms with E-state index < -0.39 is 11.4 Å². The van der Waals surface area contributed by atoms with E-state index in [0.717, 1.165) is 5.56 Å². The van der Waals surface area contributed by atoms with Gasteiger partial charge in [0.25, 0.3) is 0 Å². The topological polar surface area (TPSA) is 75.3 Å². The molecule has 0 aromatic heterocycles. The van der Waals surface area contributed by atoms with E-state index in [9.17, 15) is 4.79 Å². The standard InChI is InChI=1S/C11H16N2O2/c1-3-13-11(2,10(12)15)8-4-6-9(14)7-5-8/h4-7,13-14H,3H2,1-2H3,(H2,12,15). The molecule has 4 nitrogen and oxygen atoms in total. The number of carbonyl (C=O) groups is 1. The van der Waals surface area contributed by atoms with Crippen molar-refractivity contribution in [2.45, 2.75) is 19.4 Å². The molecule has 1 rings (SSSR count). The van der Waals surface area contributed by atoms with Crippen LogP contribution >= 0.6 is 0 Å². The molecular weight excluding hydrogens is 192 g/mol. The Morgan fingerprint density at radius 3 is 2.40 bits per heavy atom. The summed E-state index contributed by atoms with van der Waals surface area (Å²) in [4.78, 5) is 11.4. The highest BCUT2D eigenvalue weighted by Gasteiger charge is 2.31. The van der Waals surface area contributed by atoms with E-state index in [-0.39, 0.29) is 5.75 Å². The van der Waals surface area contributed by atoms with Crippen LogP contribution < -0.4 is 11.1 Å². The Hall–Kier alpha value is -1.55. The summed E-state index contributed by atoms with van der Waals surface area (Å²) < 4.78 is 0. The van der Waals surface area contributed by atoms with Crippen LogP contribution in [0.1, 0.15) is 19.4 Å². The van der Waals surface area contributed by atoms with Gasteiger partial charge in [0.15, 0.2) is 0 Å². The molecule has 0 radical (unpaired) electrons. The third kappa shape index (κ3) is 2.27. The Morgan fingerprint density at radius 2 is 2.00 bits per heavy atom. The first-order valence-electron chi connectivity index (χ1n) is 4.85. The van der Waals surface area contributed by atoms with Crippen molar-refractivity contribution in [1.29, 1.82) is 0 Å². The van der Waals surface area contributed by atoms with Crippen molar-refractivity contribution in [3.05, 3.63) is 29.8 Å². The van der Waals surface area contributed by atoms with E-state index >= 15 is 0 Å². The summed E-state index contributed by atoms with van der Waals surface area (Å²) in [6, 6.07) is 6.44. The highest BCUT2D eigenvalue weighted by molar-refractivity contribution is 5.85. The van der Waals surface area contributed by atoms with Crippen molar-refractivity contribution >= 4 is 5.91 Å². The zero-order chi connectivity index (χ0) is 11.5. The van der Waals surface area contributed by atoms with Crippen LogP contribution in [0.5, 0.6) is 5.75 Å². The maximum Gasteiger partial charge on any atom is 0.242 e. The van der Waals surface area contributed by atoms with Crippen LogP contribution in [0.3, 0.4) is 0 Å². The fraction of sp³-hybridized carbons (Fsp3) is 0.364. The van der Waals surface area contributed by atoms with E-state index in [0.29, 0.717) is 6.54 Å². The number of rotatable bonds is 4. The lowest BCUT2D eigenvalue weighted by Gasteiger charge is -2.27. The predicted octanol–water partition coefficient (Wildman–Crippen LogP) is 0.702. The SMILES string of the molecule is CCNC(C)(C(N)=O)c1ccc(O)cc1. The van der Waals surface area contributed by atoms with Crippen molar-refractivity contribution in [1.82, 2.24) is 5.32 Å². The van der Waals surface area contributed by atoms with Gasteiger partial charge in [-0.2, -0.15) is 0 Å². The molecule has 0 aliphatic heterocycles. The molecule has 0 saturated carbocycles. The summed E-state index contributed by atoms with van der Waals surface area (Å²) in [5.74, 6) is -0.267. The zero-order valence-electron chi connectivity index (χ0n) is 8.95. The molecule has 1 unspecified atom stereocenters. The maximum atomic E-state index is 11.4. The number of phenols is 1. The van der Waals surface area contributed by atoms with Crippen LogP contribution in [0, 0.1) is 0 Å². The normalized spacial score (nSPS) is 14.5. The minimum atomic E-state index is -0.886. The van der Waals surface area contributed by atoms with Crippen LogP contribution in [-0.2, 0) is 10.3 Å². The van der Waals surface area contributed by atoms with Crippen LogP contribution in [0.2, 0.25) is 0 Å². The van der Waals surface area contributed by atoms with E-state index in [1.165, 1.54) is 12.1 Å². The van der Waals surface area contributed by atoms with E-state index in [1.54, 1.807) is 19.1 Å². The van der Waals surface area contributed by atoms with Crippen LogP contribution in [-0.4, -0.2) is 17.6 Å². The molecule has 0 spiro atoms. The molecule has 4 heteroatoms. The minimum Gasteiger partial charge on any atom is -0.508 e. The number of nitrogens with two attached hydrogens (primary N) is 1. The number of aromatic hydroxyl groups is 1. The van der Waals surface area contributed by atoms with Gasteiger partial charge in [0, 0.05) is 0 Å². The van der Waals surface area contributed by atoms with Gasteiger partial charge >= 0.3 is 0 Å². The second-order valence-corrected chi connectivity index (χ2v) is 3.57. The third-order valence-corrected chi connectivity index (χ3v) is 2.47. The van der Waals surface area contributed by atoms with Crippen molar-refractivity contribution < 1.29 is 9.90 Å². The summed E-state index contributed by atoms with van der Waals surface area (Å²) >= 11 is 0. The first-order valence-corrected chi connectivity index (χ1v) is 4.85. The number of primary amides is 1. The number of phenolic OH excluding ortho intramolecular Hbond substituents is 1. The summed E-state index contributed by atoms with van der Waals surface area (Å²) in [6.45, 7) is 4.27. The quantitative estimate of drug-likeness (QED) is 0.682. The summed E-state index contributed by atoms with van der Waals surface area (Å²) in [6.07, 6.45) is 0. The van der Waals surface area contributed by atoms with Crippen molar-refractivity contribution in [3.63, 3.8) is 0 Å². The molecular formula is C11H16N2O2. The fourth-order valence-corrected chi connectivity index (χ4v) is 1.48. The largest absolute Gasteiger partial charge is 0.508 e. The average molecular weight is 208 g/mol. The molecule has 1 amide bonds. The van der Waals surface area contributed by atoms with Gasteiger partial charge in [-0.15, -0.1) is 0 Å². The monoisotopic (exact) mass is 208 g/mol. The average Bonchev–Trinajstić information content (AvgIpc) is 2.18. The maximum absolute atomic E-state index is 11.4. The number of hydrogen-bond acceptors (Lipinski definition) is 3. The first kappa shape index (κ1) is 11.5. The summed E-state index contributed by atoms with van der Waals surface area (Å²) in [7, 11) is 0. The number of hydrogen-bond donors (Lipinski definition) is 3. The van der Waals surface area contributed by atoms with Gasteiger partial charge in [0.1, 0.15) is 11.3 Å². The number of amides is 1. The zero-order valence-corrected chi connectivity index (χ0v) is 8.95. The van der Waals surface area contributed by atoms with Crippen molar-refractivity contribution in [2.24, 2.45) is 5.73 Å². The van der Waals surface area contributed by atoms with Gasteiger partial charge in [0.2, 0.25) is 5.91 Å².